The maximum absolute atomic E-state index is 13.5. The number of nitrogens with zero attached hydrogens (tertiary/aromatic N) is 3. The molecule has 35 heavy (non-hydrogen) atoms. The molecule has 1 aromatic carbocycles. The predicted molar refractivity (Wildman–Crippen MR) is 133 cm³/mol. The van der Waals surface area contributed by atoms with Crippen LogP contribution in [0.25, 0.3) is 11.2 Å². The molecule has 0 fully saturated rings. The number of ether oxygens (including phenoxy) is 2. The van der Waals surface area contributed by atoms with Crippen molar-refractivity contribution in [3.05, 3.63) is 46.5 Å². The number of nitrogens with two attached hydrogens (primary N) is 1. The molecule has 0 amide bonds. The number of nitrogen functional groups attached to an aromatic ring is 1. The molecule has 1 unspecified atom stereocenters. The van der Waals surface area contributed by atoms with Crippen LogP contribution in [0.5, 0.6) is 0 Å². The summed E-state index contributed by atoms with van der Waals surface area (Å²) in [5.41, 5.74) is 6.48. The summed E-state index contributed by atoms with van der Waals surface area (Å²) in [4.78, 5) is 35.6. The van der Waals surface area contributed by atoms with E-state index < -0.39 is 25.1 Å². The first-order valence-electron chi connectivity index (χ1n) is 10.8. The average molecular weight is 525 g/mol. The van der Waals surface area contributed by atoms with Crippen molar-refractivity contribution in [1.29, 1.82) is 0 Å². The van der Waals surface area contributed by atoms with Crippen LogP contribution in [-0.4, -0.2) is 57.3 Å². The van der Waals surface area contributed by atoms with Crippen LogP contribution in [0.4, 0.5) is 5.95 Å². The number of hydrogen-bond donors (Lipinski definition) is 3. The Kier molecular flexibility index (Phi) is 9.47. The number of aromatic amines is 1. The quantitative estimate of drug-likeness (QED) is 0.130. The molecule has 0 radical (unpaired) electrons. The molecule has 0 aliphatic heterocycles. The van der Waals surface area contributed by atoms with Crippen LogP contribution in [-0.2, 0) is 36.5 Å². The van der Waals surface area contributed by atoms with Gasteiger partial charge in [0.1, 0.15) is 12.4 Å². The Bertz CT molecular complexity index is 1250. The molecule has 14 heteroatoms. The van der Waals surface area contributed by atoms with Gasteiger partial charge >= 0.3 is 5.97 Å². The molecule has 4 N–H and O–H groups in total. The fraction of sp³-hybridized carbons (Fsp3) is 0.429. The number of carbonyl (C=O) groups is 1. The van der Waals surface area contributed by atoms with Gasteiger partial charge in [0, 0.05) is 11.4 Å². The largest absolute Gasteiger partial charge is 0.465 e. The first-order chi connectivity index (χ1) is 16.7. The van der Waals surface area contributed by atoms with E-state index in [9.17, 15) is 14.2 Å². The maximum atomic E-state index is 13.5. The Balaban J connectivity index is 1.64. The van der Waals surface area contributed by atoms with E-state index in [-0.39, 0.29) is 44.2 Å². The van der Waals surface area contributed by atoms with Crippen LogP contribution in [0.1, 0.15) is 19.4 Å². The van der Waals surface area contributed by atoms with Gasteiger partial charge in [-0.05, 0) is 37.8 Å². The topological polar surface area (TPSA) is 163 Å². The Morgan fingerprint density at radius 3 is 2.77 bits per heavy atom. The summed E-state index contributed by atoms with van der Waals surface area (Å²) in [6.07, 6.45) is 3.14. The van der Waals surface area contributed by atoms with E-state index in [1.165, 1.54) is 6.33 Å². The lowest BCUT2D eigenvalue weighted by Gasteiger charge is -2.23. The van der Waals surface area contributed by atoms with Gasteiger partial charge in [-0.2, -0.15) is 4.98 Å². The van der Waals surface area contributed by atoms with Crippen molar-refractivity contribution in [1.82, 2.24) is 24.6 Å². The number of imidazole rings is 1. The monoisotopic (exact) mass is 524 g/mol. The normalized spacial score (nSPS) is 14.0. The van der Waals surface area contributed by atoms with Gasteiger partial charge in [-0.3, -0.25) is 19.1 Å². The first kappa shape index (κ1) is 26.9. The molecule has 0 spiro atoms. The van der Waals surface area contributed by atoms with Gasteiger partial charge in [0.2, 0.25) is 5.95 Å². The minimum absolute atomic E-state index is 0.0224. The lowest BCUT2D eigenvalue weighted by atomic mass is 10.2. The standard InChI is InChI=1S/C21H29N6O6PS/c1-4-32-20(29)14(2)26-34(30,33-11-15-5-7-16(35-3)8-6-15)13-31-10-9-27-12-23-17-18(27)24-21(22)25-19(17)28/h5-8,12,14H,4,9-11,13H2,1-3H3,(H,26,30)(H3,22,24,25,28)/t14-,34?/m0/s1. The molecule has 12 nitrogen and oxygen atoms in total. The highest BCUT2D eigenvalue weighted by atomic mass is 32.2. The fourth-order valence-corrected chi connectivity index (χ4v) is 5.16. The number of carbonyl (C=O) groups excluding carboxylic acids is 1. The van der Waals surface area contributed by atoms with Crippen molar-refractivity contribution in [3.8, 4) is 0 Å². The Morgan fingerprint density at radius 1 is 1.34 bits per heavy atom. The molecule has 0 aliphatic rings. The van der Waals surface area contributed by atoms with Crippen molar-refractivity contribution < 1.29 is 23.4 Å². The molecule has 0 saturated heterocycles. The number of benzene rings is 1. The Labute approximate surface area is 206 Å². The third-order valence-corrected chi connectivity index (χ3v) is 7.45. The maximum Gasteiger partial charge on any atom is 0.323 e. The summed E-state index contributed by atoms with van der Waals surface area (Å²) in [5.74, 6) is -0.565. The lowest BCUT2D eigenvalue weighted by Crippen LogP contribution is -2.34. The van der Waals surface area contributed by atoms with Gasteiger partial charge in [-0.1, -0.05) is 12.1 Å². The molecular weight excluding hydrogens is 495 g/mol. The second-order valence-corrected chi connectivity index (χ2v) is 10.5. The summed E-state index contributed by atoms with van der Waals surface area (Å²) in [5, 5.41) is 2.75. The summed E-state index contributed by atoms with van der Waals surface area (Å²) < 4.78 is 31.5. The van der Waals surface area contributed by atoms with Crippen LogP contribution in [0.3, 0.4) is 0 Å². The number of thioether (sulfide) groups is 1. The van der Waals surface area contributed by atoms with Crippen molar-refractivity contribution in [2.24, 2.45) is 0 Å². The number of fused-ring (bicyclic) bond motifs is 1. The fourth-order valence-electron chi connectivity index (χ4n) is 3.11. The van der Waals surface area contributed by atoms with Crippen LogP contribution in [0.2, 0.25) is 0 Å². The van der Waals surface area contributed by atoms with Gasteiger partial charge in [-0.15, -0.1) is 11.8 Å². The molecule has 3 aromatic rings. The molecule has 2 atom stereocenters. The number of nitrogens with one attached hydrogen (secondary N) is 2. The average Bonchev–Trinajstić information content (AvgIpc) is 3.24. The van der Waals surface area contributed by atoms with Gasteiger partial charge in [0.15, 0.2) is 11.2 Å². The summed E-state index contributed by atoms with van der Waals surface area (Å²) in [6.45, 7) is 3.90. The lowest BCUT2D eigenvalue weighted by molar-refractivity contribution is -0.144. The second kappa shape index (κ2) is 12.3. The molecule has 0 bridgehead atoms. The number of rotatable bonds is 13. The van der Waals surface area contributed by atoms with Gasteiger partial charge in [0.05, 0.1) is 26.1 Å². The minimum Gasteiger partial charge on any atom is -0.465 e. The van der Waals surface area contributed by atoms with Crippen LogP contribution in [0, 0.1) is 0 Å². The second-order valence-electron chi connectivity index (χ2n) is 7.50. The van der Waals surface area contributed by atoms with E-state index in [0.29, 0.717) is 5.65 Å². The number of H-pyrrole nitrogens is 1. The number of aromatic nitrogens is 4. The van der Waals surface area contributed by atoms with E-state index in [2.05, 4.69) is 20.0 Å². The van der Waals surface area contributed by atoms with Crippen LogP contribution >= 0.6 is 19.3 Å². The Morgan fingerprint density at radius 2 is 2.09 bits per heavy atom. The Hall–Kier alpha value is -2.70. The summed E-state index contributed by atoms with van der Waals surface area (Å²) >= 11 is 1.62. The van der Waals surface area contributed by atoms with Gasteiger partial charge in [0.25, 0.3) is 13.1 Å². The molecular formula is C21H29N6O6PS. The third-order valence-electron chi connectivity index (χ3n) is 4.86. The highest BCUT2D eigenvalue weighted by Crippen LogP contribution is 2.44. The van der Waals surface area contributed by atoms with Crippen LogP contribution in [0.15, 0.2) is 40.3 Å². The summed E-state index contributed by atoms with van der Waals surface area (Å²) in [7, 11) is -3.60. The molecule has 0 aliphatic carbocycles. The molecule has 190 valence electrons. The number of esters is 1. The van der Waals surface area contributed by atoms with Crippen molar-refractivity contribution in [2.75, 3.05) is 31.6 Å². The highest BCUT2D eigenvalue weighted by Gasteiger charge is 2.29. The number of anilines is 1. The highest BCUT2D eigenvalue weighted by molar-refractivity contribution is 7.98. The van der Waals surface area contributed by atoms with Crippen LogP contribution < -0.4 is 16.4 Å². The zero-order valence-electron chi connectivity index (χ0n) is 19.7. The van der Waals surface area contributed by atoms with Crippen molar-refractivity contribution in [3.63, 3.8) is 0 Å². The van der Waals surface area contributed by atoms with E-state index in [4.69, 9.17) is 19.7 Å². The van der Waals surface area contributed by atoms with E-state index in [1.807, 2.05) is 30.5 Å². The molecule has 0 saturated carbocycles. The zero-order chi connectivity index (χ0) is 25.4. The van der Waals surface area contributed by atoms with E-state index in [0.717, 1.165) is 10.5 Å². The number of hydrogen-bond acceptors (Lipinski definition) is 10. The van der Waals surface area contributed by atoms with E-state index in [1.54, 1.807) is 30.2 Å². The smallest absolute Gasteiger partial charge is 0.323 e. The van der Waals surface area contributed by atoms with Crippen molar-refractivity contribution in [2.45, 2.75) is 37.9 Å². The SMILES string of the molecule is CCOC(=O)[C@H](C)NP(=O)(COCCn1cnc2c(=O)[nH]c(N)nc21)OCc1ccc(SC)cc1. The zero-order valence-corrected chi connectivity index (χ0v) is 21.4. The predicted octanol–water partition coefficient (Wildman–Crippen LogP) is 2.35. The van der Waals surface area contributed by atoms with E-state index >= 15 is 0 Å². The summed E-state index contributed by atoms with van der Waals surface area (Å²) in [6, 6.07) is 6.80. The molecule has 2 aromatic heterocycles. The van der Waals surface area contributed by atoms with Crippen molar-refractivity contribution >= 4 is 42.4 Å². The molecule has 3 rings (SSSR count). The molecule has 2 heterocycles. The first-order valence-corrected chi connectivity index (χ1v) is 13.9. The minimum atomic E-state index is -3.60. The third kappa shape index (κ3) is 7.39. The van der Waals surface area contributed by atoms with Gasteiger partial charge in [-0.25, -0.2) is 10.1 Å². The van der Waals surface area contributed by atoms with Gasteiger partial charge < -0.3 is 24.3 Å².